The number of anilines is 1. The number of hydrogen-bond acceptors (Lipinski definition) is 6. The lowest BCUT2D eigenvalue weighted by Crippen LogP contribution is -2.99. The molecular formula is C17H17N5O2S. The Labute approximate surface area is 149 Å². The largest absolute Gasteiger partial charge is 0.595 e. The van der Waals surface area contributed by atoms with E-state index >= 15 is 0 Å². The van der Waals surface area contributed by atoms with Crippen LogP contribution in [0.4, 0.5) is 11.4 Å². The molecule has 0 saturated heterocycles. The second-order valence-corrected chi connectivity index (χ2v) is 6.82. The Bertz CT molecular complexity index is 877. The van der Waals surface area contributed by atoms with Crippen LogP contribution in [0.25, 0.3) is 11.4 Å². The summed E-state index contributed by atoms with van der Waals surface area (Å²) in [5.41, 5.74) is 3.51. The van der Waals surface area contributed by atoms with E-state index in [1.165, 1.54) is 5.56 Å². The van der Waals surface area contributed by atoms with Crippen LogP contribution in [0, 0.1) is 12.1 Å². The Balaban J connectivity index is 1.63. The van der Waals surface area contributed by atoms with Crippen LogP contribution in [0.15, 0.2) is 53.7 Å². The first-order chi connectivity index (χ1) is 12.1. The number of quaternary nitrogens is 1. The maximum absolute atomic E-state index is 11.0. The maximum Gasteiger partial charge on any atom is 0.194 e. The first-order valence-corrected chi connectivity index (χ1v) is 8.82. The van der Waals surface area contributed by atoms with Gasteiger partial charge in [-0.2, -0.15) is 5.23 Å². The second kappa shape index (κ2) is 6.49. The number of aromatic nitrogens is 3. The summed E-state index contributed by atoms with van der Waals surface area (Å²) < 4.78 is 2.06. The van der Waals surface area contributed by atoms with Gasteiger partial charge in [0.2, 0.25) is 0 Å². The van der Waals surface area contributed by atoms with Gasteiger partial charge < -0.3 is 10.1 Å². The molecule has 7 nitrogen and oxygen atoms in total. The number of hydrogen-bond donors (Lipinski definition) is 2. The van der Waals surface area contributed by atoms with Crippen molar-refractivity contribution in [1.82, 2.24) is 14.8 Å². The average Bonchev–Trinajstić information content (AvgIpc) is 3.05. The molecule has 128 valence electrons. The van der Waals surface area contributed by atoms with Crippen molar-refractivity contribution in [2.45, 2.75) is 18.7 Å². The highest BCUT2D eigenvalue weighted by Gasteiger charge is 2.22. The molecule has 2 aromatic carbocycles. The number of benzene rings is 2. The lowest BCUT2D eigenvalue weighted by molar-refractivity contribution is -0.991. The molecule has 2 N–H and O–H groups in total. The van der Waals surface area contributed by atoms with Crippen molar-refractivity contribution in [1.29, 1.82) is 0 Å². The molecule has 0 aliphatic carbocycles. The number of aryl methyl sites for hydroxylation is 1. The zero-order valence-corrected chi connectivity index (χ0v) is 14.4. The average molecular weight is 355 g/mol. The van der Waals surface area contributed by atoms with Crippen molar-refractivity contribution in [2.24, 2.45) is 0 Å². The van der Waals surface area contributed by atoms with Crippen LogP contribution >= 0.6 is 11.8 Å². The molecule has 3 aromatic rings. The summed E-state index contributed by atoms with van der Waals surface area (Å²) in [5, 5.41) is 28.6. The Hall–Kier alpha value is -2.39. The van der Waals surface area contributed by atoms with Gasteiger partial charge in [-0.15, -0.1) is 10.2 Å². The van der Waals surface area contributed by atoms with Crippen LogP contribution < -0.4 is 10.1 Å². The van der Waals surface area contributed by atoms with Gasteiger partial charge in [0.1, 0.15) is 0 Å². The summed E-state index contributed by atoms with van der Waals surface area (Å²) in [5.74, 6) is 1.57. The van der Waals surface area contributed by atoms with Crippen LogP contribution in [0.3, 0.4) is 0 Å². The smallest absolute Gasteiger partial charge is 0.194 e. The third-order valence-electron chi connectivity index (χ3n) is 4.17. The fourth-order valence-electron chi connectivity index (χ4n) is 2.76. The fraction of sp³-hybridized carbons (Fsp3) is 0.176. The summed E-state index contributed by atoms with van der Waals surface area (Å²) in [6, 6.07) is 15.2. The second-order valence-electron chi connectivity index (χ2n) is 5.91. The predicted octanol–water partition coefficient (Wildman–Crippen LogP) is 2.18. The normalized spacial score (nSPS) is 15.1. The molecule has 25 heavy (non-hydrogen) atoms. The van der Waals surface area contributed by atoms with Gasteiger partial charge in [0.05, 0.1) is 12.5 Å². The Morgan fingerprint density at radius 2 is 1.80 bits per heavy atom. The summed E-state index contributed by atoms with van der Waals surface area (Å²) in [6.45, 7) is 2.74. The molecule has 0 saturated carbocycles. The molecule has 2 heterocycles. The van der Waals surface area contributed by atoms with E-state index in [0.29, 0.717) is 6.67 Å². The first kappa shape index (κ1) is 16.1. The van der Waals surface area contributed by atoms with E-state index < -0.39 is 5.23 Å². The Morgan fingerprint density at radius 1 is 1.08 bits per heavy atom. The number of thioether (sulfide) groups is 1. The monoisotopic (exact) mass is 355 g/mol. The van der Waals surface area contributed by atoms with E-state index in [4.69, 9.17) is 5.21 Å². The van der Waals surface area contributed by atoms with Crippen molar-refractivity contribution in [3.63, 3.8) is 0 Å². The van der Waals surface area contributed by atoms with Crippen molar-refractivity contribution in [2.75, 3.05) is 10.8 Å². The van der Waals surface area contributed by atoms with Gasteiger partial charge in [-0.1, -0.05) is 29.5 Å². The summed E-state index contributed by atoms with van der Waals surface area (Å²) in [7, 11) is 0. The van der Waals surface area contributed by atoms with Crippen molar-refractivity contribution in [3.05, 3.63) is 59.3 Å². The van der Waals surface area contributed by atoms with Crippen LogP contribution in [0.5, 0.6) is 0 Å². The van der Waals surface area contributed by atoms with Crippen LogP contribution in [-0.2, 0) is 6.67 Å². The van der Waals surface area contributed by atoms with Crippen LogP contribution in [-0.4, -0.2) is 25.8 Å². The molecule has 1 aromatic heterocycles. The number of nitrogens with zero attached hydrogens (tertiary/aromatic N) is 4. The molecule has 1 unspecified atom stereocenters. The van der Waals surface area contributed by atoms with Gasteiger partial charge in [-0.25, -0.2) is 5.21 Å². The van der Waals surface area contributed by atoms with Gasteiger partial charge in [0.15, 0.2) is 16.7 Å². The van der Waals surface area contributed by atoms with Gasteiger partial charge in [-0.05, 0) is 31.2 Å². The zero-order chi connectivity index (χ0) is 17.4. The minimum absolute atomic E-state index is 0.262. The molecule has 1 atom stereocenters. The van der Waals surface area contributed by atoms with Crippen molar-refractivity contribution < 1.29 is 10.4 Å². The van der Waals surface area contributed by atoms with Crippen LogP contribution in [0.1, 0.15) is 5.56 Å². The minimum Gasteiger partial charge on any atom is -0.595 e. The van der Waals surface area contributed by atoms with Gasteiger partial charge in [-0.3, -0.25) is 4.57 Å². The van der Waals surface area contributed by atoms with Gasteiger partial charge >= 0.3 is 0 Å². The summed E-state index contributed by atoms with van der Waals surface area (Å²) in [4.78, 5) is 2.26. The highest BCUT2D eigenvalue weighted by Crippen LogP contribution is 2.31. The molecule has 0 radical (unpaired) electrons. The third kappa shape index (κ3) is 3.12. The van der Waals surface area contributed by atoms with E-state index in [1.807, 2.05) is 0 Å². The highest BCUT2D eigenvalue weighted by molar-refractivity contribution is 7.99. The Kier molecular flexibility index (Phi) is 4.18. The van der Waals surface area contributed by atoms with E-state index in [9.17, 15) is 5.21 Å². The third-order valence-corrected chi connectivity index (χ3v) is 5.17. The van der Waals surface area contributed by atoms with Crippen molar-refractivity contribution >= 4 is 23.1 Å². The Morgan fingerprint density at radius 3 is 2.48 bits per heavy atom. The van der Waals surface area contributed by atoms with E-state index in [1.54, 1.807) is 36.0 Å². The SMILES string of the molecule is Cc1ccc(N2CSc3nnc(-c4ccc([NH+]([O-])O)cc4)n3C2)cc1. The standard InChI is InChI=1S/C17H17N5O2S/c1-12-2-6-14(7-3-12)20-10-21-16(18-19-17(21)25-11-20)13-4-8-15(9-5-13)22(23)24/h2-9,22-23H,10-11H2,1H3. The molecule has 1 aliphatic rings. The summed E-state index contributed by atoms with van der Waals surface area (Å²) >= 11 is 1.64. The van der Waals surface area contributed by atoms with Gasteiger partial charge in [0.25, 0.3) is 0 Å². The number of nitrogens with one attached hydrogen (secondary N) is 1. The van der Waals surface area contributed by atoms with E-state index in [-0.39, 0.29) is 5.69 Å². The lowest BCUT2D eigenvalue weighted by Gasteiger charge is -2.29. The lowest BCUT2D eigenvalue weighted by atomic mass is 10.2. The van der Waals surface area contributed by atoms with Crippen LogP contribution in [0.2, 0.25) is 0 Å². The fourth-order valence-corrected chi connectivity index (χ4v) is 3.66. The minimum atomic E-state index is -0.934. The number of rotatable bonds is 3. The molecule has 4 rings (SSSR count). The predicted molar refractivity (Wildman–Crippen MR) is 95.6 cm³/mol. The molecular weight excluding hydrogens is 338 g/mol. The molecule has 0 spiro atoms. The maximum atomic E-state index is 11.0. The summed E-state index contributed by atoms with van der Waals surface area (Å²) in [6.07, 6.45) is 0. The molecule has 0 fully saturated rings. The molecule has 1 aliphatic heterocycles. The number of fused-ring (bicyclic) bond motifs is 1. The molecule has 0 bridgehead atoms. The quantitative estimate of drug-likeness (QED) is 0.701. The zero-order valence-electron chi connectivity index (χ0n) is 13.6. The topological polar surface area (TPSA) is 81.7 Å². The molecule has 8 heteroatoms. The van der Waals surface area contributed by atoms with Gasteiger partial charge in [0, 0.05) is 23.4 Å². The van der Waals surface area contributed by atoms with E-state index in [0.717, 1.165) is 28.1 Å². The highest BCUT2D eigenvalue weighted by atomic mass is 32.2. The van der Waals surface area contributed by atoms with Crippen molar-refractivity contribution in [3.8, 4) is 11.4 Å². The first-order valence-electron chi connectivity index (χ1n) is 7.83. The van der Waals surface area contributed by atoms with E-state index in [2.05, 4.69) is 50.9 Å². The molecule has 0 amide bonds.